The summed E-state index contributed by atoms with van der Waals surface area (Å²) in [5.74, 6) is 0.0169. The van der Waals surface area contributed by atoms with Crippen molar-refractivity contribution in [3.63, 3.8) is 0 Å². The second-order valence-electron chi connectivity index (χ2n) is 8.77. The maximum Gasteiger partial charge on any atom is 0.262 e. The Morgan fingerprint density at radius 1 is 0.765 bits per heavy atom. The second-order valence-corrected chi connectivity index (χ2v) is 8.77. The lowest BCUT2D eigenvalue weighted by Crippen LogP contribution is -2.54. The smallest absolute Gasteiger partial charge is 0.262 e. The number of nitrogens with zero attached hydrogens (tertiary/aromatic N) is 2. The molecule has 34 heavy (non-hydrogen) atoms. The fraction of sp³-hybridized carbons (Fsp3) is 0.129. The summed E-state index contributed by atoms with van der Waals surface area (Å²) in [4.78, 5) is 18.1. The van der Waals surface area contributed by atoms with E-state index >= 15 is 0 Å². The number of rotatable bonds is 5. The van der Waals surface area contributed by atoms with E-state index in [1.54, 1.807) is 0 Å². The molecule has 3 heteroatoms. The first-order valence-corrected chi connectivity index (χ1v) is 11.7. The molecule has 4 aromatic carbocycles. The van der Waals surface area contributed by atoms with E-state index in [9.17, 15) is 4.79 Å². The summed E-state index contributed by atoms with van der Waals surface area (Å²) in [6.45, 7) is 4.87. The lowest BCUT2D eigenvalue weighted by molar-refractivity contribution is 0.0974. The van der Waals surface area contributed by atoms with Gasteiger partial charge in [-0.05, 0) is 60.9 Å². The van der Waals surface area contributed by atoms with Crippen molar-refractivity contribution < 1.29 is 4.79 Å². The molecular formula is C31H28N2O. The number of para-hydroxylation sites is 1. The van der Waals surface area contributed by atoms with Gasteiger partial charge in [0.25, 0.3) is 5.91 Å². The van der Waals surface area contributed by atoms with Gasteiger partial charge in [-0.25, -0.2) is 0 Å². The molecule has 1 aliphatic heterocycles. The monoisotopic (exact) mass is 444 g/mol. The molecule has 0 N–H and O–H groups in total. The standard InChI is InChI=1S/C31H28N2O/c1-23-16-19-27(20-17-23)33-30(21-18-26-13-7-6-10-24(26)2)32(22-25-11-4-3-5-12-25)29-15-9-8-14-28(29)31(33)34/h3-21,30H,22H2,1-2H3/b21-18+. The molecule has 0 fully saturated rings. The molecule has 0 bridgehead atoms. The number of fused-ring (bicyclic) bond motifs is 1. The van der Waals surface area contributed by atoms with Crippen molar-refractivity contribution in [1.29, 1.82) is 0 Å². The Kier molecular flexibility index (Phi) is 6.01. The van der Waals surface area contributed by atoms with Crippen molar-refractivity contribution in [1.82, 2.24) is 0 Å². The summed E-state index contributed by atoms with van der Waals surface area (Å²) < 4.78 is 0. The van der Waals surface area contributed by atoms with Crippen LogP contribution in [-0.4, -0.2) is 12.1 Å². The first-order chi connectivity index (χ1) is 16.6. The van der Waals surface area contributed by atoms with Crippen LogP contribution in [0.1, 0.15) is 32.6 Å². The molecule has 0 spiro atoms. The van der Waals surface area contributed by atoms with Crippen molar-refractivity contribution in [2.45, 2.75) is 26.6 Å². The van der Waals surface area contributed by atoms with Crippen molar-refractivity contribution in [2.75, 3.05) is 9.80 Å². The zero-order valence-electron chi connectivity index (χ0n) is 19.6. The Hall–Kier alpha value is -4.11. The van der Waals surface area contributed by atoms with Crippen LogP contribution in [0.3, 0.4) is 0 Å². The van der Waals surface area contributed by atoms with E-state index in [-0.39, 0.29) is 12.1 Å². The normalized spacial score (nSPS) is 15.6. The number of aryl methyl sites for hydroxylation is 2. The number of hydrogen-bond acceptors (Lipinski definition) is 2. The molecule has 0 aromatic heterocycles. The van der Waals surface area contributed by atoms with Crippen LogP contribution in [-0.2, 0) is 6.54 Å². The Labute approximate surface area is 201 Å². The van der Waals surface area contributed by atoms with Crippen LogP contribution >= 0.6 is 0 Å². The van der Waals surface area contributed by atoms with Crippen LogP contribution < -0.4 is 9.80 Å². The summed E-state index contributed by atoms with van der Waals surface area (Å²) in [7, 11) is 0. The molecule has 0 aliphatic carbocycles. The second kappa shape index (κ2) is 9.40. The number of anilines is 2. The third-order valence-electron chi connectivity index (χ3n) is 6.39. The van der Waals surface area contributed by atoms with Crippen molar-refractivity contribution in [3.8, 4) is 0 Å². The van der Waals surface area contributed by atoms with Gasteiger partial charge in [0.05, 0.1) is 11.3 Å². The fourth-order valence-corrected chi connectivity index (χ4v) is 4.52. The molecular weight excluding hydrogens is 416 g/mol. The third kappa shape index (κ3) is 4.25. The SMILES string of the molecule is Cc1ccc(N2C(=O)c3ccccc3N(Cc3ccccc3)C2/C=C/c2ccccc2C)cc1. The molecule has 4 aromatic rings. The molecule has 0 saturated carbocycles. The first kappa shape index (κ1) is 21.7. The molecule has 1 unspecified atom stereocenters. The number of benzene rings is 4. The first-order valence-electron chi connectivity index (χ1n) is 11.7. The highest BCUT2D eigenvalue weighted by molar-refractivity contribution is 6.12. The Bertz CT molecular complexity index is 1330. The summed E-state index contributed by atoms with van der Waals surface area (Å²) in [5.41, 5.74) is 7.29. The van der Waals surface area contributed by atoms with Gasteiger partial charge in [0.1, 0.15) is 6.17 Å². The minimum atomic E-state index is -0.273. The summed E-state index contributed by atoms with van der Waals surface area (Å²) in [5, 5.41) is 0. The van der Waals surface area contributed by atoms with Gasteiger partial charge in [0.15, 0.2) is 0 Å². The minimum Gasteiger partial charge on any atom is -0.342 e. The van der Waals surface area contributed by atoms with E-state index in [2.05, 4.69) is 85.5 Å². The molecule has 168 valence electrons. The highest BCUT2D eigenvalue weighted by atomic mass is 16.2. The van der Waals surface area contributed by atoms with Crippen molar-refractivity contribution >= 4 is 23.4 Å². The highest BCUT2D eigenvalue weighted by Crippen LogP contribution is 2.36. The van der Waals surface area contributed by atoms with Gasteiger partial charge in [-0.2, -0.15) is 0 Å². The van der Waals surface area contributed by atoms with Crippen LogP contribution in [0.2, 0.25) is 0 Å². The largest absolute Gasteiger partial charge is 0.342 e. The summed E-state index contributed by atoms with van der Waals surface area (Å²) >= 11 is 0. The molecule has 3 nitrogen and oxygen atoms in total. The molecule has 1 heterocycles. The van der Waals surface area contributed by atoms with Crippen LogP contribution in [0.25, 0.3) is 6.08 Å². The van der Waals surface area contributed by atoms with E-state index in [1.165, 1.54) is 16.7 Å². The van der Waals surface area contributed by atoms with Gasteiger partial charge in [0.2, 0.25) is 0 Å². The zero-order valence-corrected chi connectivity index (χ0v) is 19.6. The minimum absolute atomic E-state index is 0.0169. The van der Waals surface area contributed by atoms with Crippen LogP contribution in [0.4, 0.5) is 11.4 Å². The lowest BCUT2D eigenvalue weighted by Gasteiger charge is -2.44. The van der Waals surface area contributed by atoms with Gasteiger partial charge in [-0.3, -0.25) is 9.69 Å². The quantitative estimate of drug-likeness (QED) is 0.330. The molecule has 1 amide bonds. The van der Waals surface area contributed by atoms with Gasteiger partial charge in [-0.15, -0.1) is 0 Å². The molecule has 0 saturated heterocycles. The average Bonchev–Trinajstić information content (AvgIpc) is 2.87. The third-order valence-corrected chi connectivity index (χ3v) is 6.39. The van der Waals surface area contributed by atoms with Crippen molar-refractivity contribution in [3.05, 3.63) is 137 Å². The number of carbonyl (C=O) groups is 1. The summed E-state index contributed by atoms with van der Waals surface area (Å²) in [6.07, 6.45) is 4.02. The van der Waals surface area contributed by atoms with E-state index < -0.39 is 0 Å². The van der Waals surface area contributed by atoms with E-state index in [1.807, 2.05) is 53.4 Å². The number of amides is 1. The molecule has 0 radical (unpaired) electrons. The predicted octanol–water partition coefficient (Wildman–Crippen LogP) is 7.01. The number of carbonyl (C=O) groups excluding carboxylic acids is 1. The van der Waals surface area contributed by atoms with Gasteiger partial charge >= 0.3 is 0 Å². The van der Waals surface area contributed by atoms with E-state index in [0.29, 0.717) is 6.54 Å². The number of hydrogen-bond donors (Lipinski definition) is 0. The average molecular weight is 445 g/mol. The van der Waals surface area contributed by atoms with Gasteiger partial charge < -0.3 is 4.90 Å². The molecule has 1 atom stereocenters. The predicted molar refractivity (Wildman–Crippen MR) is 141 cm³/mol. The summed E-state index contributed by atoms with van der Waals surface area (Å²) in [6, 6.07) is 34.9. The fourth-order valence-electron chi connectivity index (χ4n) is 4.52. The molecule has 5 rings (SSSR count). The van der Waals surface area contributed by atoms with Crippen LogP contribution in [0.5, 0.6) is 0 Å². The Balaban J connectivity index is 1.66. The van der Waals surface area contributed by atoms with Gasteiger partial charge in [0, 0.05) is 12.2 Å². The van der Waals surface area contributed by atoms with Crippen LogP contribution in [0, 0.1) is 13.8 Å². The zero-order chi connectivity index (χ0) is 23.5. The van der Waals surface area contributed by atoms with E-state index in [0.717, 1.165) is 22.5 Å². The van der Waals surface area contributed by atoms with Crippen molar-refractivity contribution in [2.24, 2.45) is 0 Å². The topological polar surface area (TPSA) is 23.6 Å². The Morgan fingerprint density at radius 2 is 1.44 bits per heavy atom. The van der Waals surface area contributed by atoms with Gasteiger partial charge in [-0.1, -0.05) is 90.5 Å². The Morgan fingerprint density at radius 3 is 2.21 bits per heavy atom. The van der Waals surface area contributed by atoms with Crippen LogP contribution in [0.15, 0.2) is 109 Å². The maximum absolute atomic E-state index is 13.9. The lowest BCUT2D eigenvalue weighted by atomic mass is 10.0. The van der Waals surface area contributed by atoms with E-state index in [4.69, 9.17) is 0 Å². The maximum atomic E-state index is 13.9. The molecule has 1 aliphatic rings. The highest BCUT2D eigenvalue weighted by Gasteiger charge is 2.37.